The number of carbonyl (C=O) groups is 1. The Bertz CT molecular complexity index is 1470. The van der Waals surface area contributed by atoms with Crippen molar-refractivity contribution in [3.63, 3.8) is 0 Å². The first-order valence-electron chi connectivity index (χ1n) is 12.4. The smallest absolute Gasteiger partial charge is 0.224 e. The van der Waals surface area contributed by atoms with Crippen molar-refractivity contribution in [3.05, 3.63) is 83.4 Å². The number of halogens is 1. The van der Waals surface area contributed by atoms with Gasteiger partial charge in [0, 0.05) is 36.1 Å². The molecule has 40 heavy (non-hydrogen) atoms. The summed E-state index contributed by atoms with van der Waals surface area (Å²) in [5, 5.41) is 24.1. The van der Waals surface area contributed by atoms with Gasteiger partial charge in [0.05, 0.1) is 29.8 Å². The minimum Gasteiger partial charge on any atom is -0.490 e. The lowest BCUT2D eigenvalue weighted by Gasteiger charge is -2.18. The van der Waals surface area contributed by atoms with Crippen molar-refractivity contribution in [2.45, 2.75) is 19.8 Å². The highest BCUT2D eigenvalue weighted by Crippen LogP contribution is 2.29. The summed E-state index contributed by atoms with van der Waals surface area (Å²) in [6, 6.07) is 15.2. The van der Waals surface area contributed by atoms with Crippen LogP contribution in [0.25, 0.3) is 0 Å². The van der Waals surface area contributed by atoms with Gasteiger partial charge < -0.3 is 25.2 Å². The van der Waals surface area contributed by atoms with Gasteiger partial charge in [-0.15, -0.1) is 0 Å². The van der Waals surface area contributed by atoms with Crippen LogP contribution in [-0.2, 0) is 16.1 Å². The lowest BCUT2D eigenvalue weighted by atomic mass is 10.0. The minimum atomic E-state index is -0.562. The van der Waals surface area contributed by atoms with Crippen LogP contribution in [0.3, 0.4) is 0 Å². The molecular weight excluding hydrogens is 517 g/mol. The third kappa shape index (κ3) is 7.57. The molecule has 0 unspecified atom stereocenters. The van der Waals surface area contributed by atoms with Gasteiger partial charge in [-0.3, -0.25) is 20.1 Å². The van der Waals surface area contributed by atoms with E-state index in [9.17, 15) is 14.4 Å². The number of hydrogen-bond acceptors (Lipinski definition) is 9. The van der Waals surface area contributed by atoms with Crippen LogP contribution in [0.15, 0.2) is 65.9 Å². The zero-order valence-corrected chi connectivity index (χ0v) is 21.7. The summed E-state index contributed by atoms with van der Waals surface area (Å²) in [5.74, 6) is 0.0711. The van der Waals surface area contributed by atoms with Gasteiger partial charge in [0.25, 0.3) is 0 Å². The number of aliphatic hydroxyl groups is 1. The average molecular weight is 546 g/mol. The third-order valence-corrected chi connectivity index (χ3v) is 5.82. The van der Waals surface area contributed by atoms with Gasteiger partial charge in [0.1, 0.15) is 30.9 Å². The van der Waals surface area contributed by atoms with E-state index < -0.39 is 5.82 Å². The molecule has 1 heterocycles. The molecule has 11 heteroatoms. The molecule has 206 valence electrons. The van der Waals surface area contributed by atoms with Crippen LogP contribution in [0.1, 0.15) is 23.1 Å². The van der Waals surface area contributed by atoms with E-state index in [-0.39, 0.29) is 37.3 Å². The Morgan fingerprint density at radius 2 is 2.08 bits per heavy atom. The second-order valence-corrected chi connectivity index (χ2v) is 8.67. The first kappa shape index (κ1) is 28.1. The van der Waals surface area contributed by atoms with E-state index in [0.29, 0.717) is 29.8 Å². The number of nitrogens with one attached hydrogen (secondary N) is 3. The fourth-order valence-electron chi connectivity index (χ4n) is 3.83. The number of aryl methyl sites for hydroxylation is 2. The number of rotatable bonds is 12. The first-order chi connectivity index (χ1) is 19.5. The van der Waals surface area contributed by atoms with Gasteiger partial charge >= 0.3 is 0 Å². The number of fused-ring (bicyclic) bond motifs is 1. The normalized spacial score (nSPS) is 12.6. The molecule has 3 aromatic carbocycles. The summed E-state index contributed by atoms with van der Waals surface area (Å²) in [6.07, 6.45) is 5.53. The number of anilines is 3. The van der Waals surface area contributed by atoms with E-state index in [1.54, 1.807) is 24.3 Å². The van der Waals surface area contributed by atoms with Crippen LogP contribution >= 0.6 is 0 Å². The molecule has 0 bridgehead atoms. The number of ether oxygens (including phenoxy) is 2. The quantitative estimate of drug-likeness (QED) is 0.0823. The maximum absolute atomic E-state index is 14.5. The van der Waals surface area contributed by atoms with Crippen LogP contribution in [0.2, 0.25) is 0 Å². The number of nitriles is 1. The fraction of sp³-hybridized carbons (Fsp3) is 0.207. The lowest BCUT2D eigenvalue weighted by molar-refractivity contribution is -0.116. The molecule has 0 saturated heterocycles. The van der Waals surface area contributed by atoms with Crippen LogP contribution in [0, 0.1) is 24.1 Å². The van der Waals surface area contributed by atoms with Crippen molar-refractivity contribution in [1.82, 2.24) is 0 Å². The summed E-state index contributed by atoms with van der Waals surface area (Å²) in [6.45, 7) is 1.80. The first-order valence-corrected chi connectivity index (χ1v) is 12.4. The molecule has 4 N–H and O–H groups in total. The number of benzene rings is 3. The van der Waals surface area contributed by atoms with Gasteiger partial charge in [-0.05, 0) is 66.9 Å². The average Bonchev–Trinajstić information content (AvgIpc) is 2.95. The van der Waals surface area contributed by atoms with Crippen molar-refractivity contribution < 1.29 is 28.6 Å². The maximum Gasteiger partial charge on any atom is 0.224 e. The molecule has 0 radical (unpaired) electrons. The van der Waals surface area contributed by atoms with Gasteiger partial charge in [-0.2, -0.15) is 5.26 Å². The third-order valence-electron chi connectivity index (χ3n) is 5.82. The molecule has 0 atom stereocenters. The van der Waals surface area contributed by atoms with E-state index in [4.69, 9.17) is 19.4 Å². The second-order valence-electron chi connectivity index (χ2n) is 8.67. The Balaban J connectivity index is 1.24. The monoisotopic (exact) mass is 545 g/mol. The van der Waals surface area contributed by atoms with Crippen LogP contribution < -0.4 is 25.6 Å². The summed E-state index contributed by atoms with van der Waals surface area (Å²) >= 11 is 0. The van der Waals surface area contributed by atoms with Crippen molar-refractivity contribution in [2.24, 2.45) is 4.99 Å². The zero-order valence-electron chi connectivity index (χ0n) is 21.7. The van der Waals surface area contributed by atoms with Crippen molar-refractivity contribution >= 4 is 34.9 Å². The molecule has 0 spiro atoms. The molecule has 0 aromatic heterocycles. The topological polar surface area (TPSA) is 137 Å². The molecule has 10 nitrogen and oxygen atoms in total. The highest BCUT2D eigenvalue weighted by atomic mass is 19.1. The summed E-state index contributed by atoms with van der Waals surface area (Å²) in [5.41, 5.74) is 7.11. The number of aliphatic hydroxyl groups excluding tert-OH is 1. The Morgan fingerprint density at radius 1 is 1.20 bits per heavy atom. The second kappa shape index (κ2) is 13.7. The Hall–Kier alpha value is -4.92. The Labute approximate surface area is 230 Å². The summed E-state index contributed by atoms with van der Waals surface area (Å²) < 4.78 is 25.3. The number of hydrogen-bond donors (Lipinski definition) is 4. The summed E-state index contributed by atoms with van der Waals surface area (Å²) in [7, 11) is 0. The molecule has 3 aromatic rings. The van der Waals surface area contributed by atoms with Crippen molar-refractivity contribution in [1.29, 1.82) is 5.26 Å². The van der Waals surface area contributed by atoms with E-state index in [0.717, 1.165) is 22.5 Å². The lowest BCUT2D eigenvalue weighted by Crippen LogP contribution is -2.19. The van der Waals surface area contributed by atoms with E-state index in [1.165, 1.54) is 24.6 Å². The molecule has 4 rings (SSSR count). The standard InChI is InChI=1S/C29H28FN5O5/c1-19-13-21(17-31)28(39-12-10-36)16-27(19)32-9-2-11-38-23-5-7-26(24(30)15-23)35-40-18-33-22-4-6-25-20(14-22)3-8-29(37)34-25/h2,4-7,9,11,13-16,33,35-36H,3,8,10,12,18H2,1H3,(H,34,37)/b11-2+,32-9-. The molecular formula is C29H28FN5O5. The van der Waals surface area contributed by atoms with E-state index in [2.05, 4.69) is 27.2 Å². The van der Waals surface area contributed by atoms with Crippen LogP contribution in [-0.4, -0.2) is 37.2 Å². The molecule has 0 aliphatic carbocycles. The predicted octanol–water partition coefficient (Wildman–Crippen LogP) is 4.97. The van der Waals surface area contributed by atoms with Crippen LogP contribution in [0.4, 0.5) is 27.1 Å². The van der Waals surface area contributed by atoms with E-state index >= 15 is 0 Å². The predicted molar refractivity (Wildman–Crippen MR) is 149 cm³/mol. The molecule has 1 aliphatic heterocycles. The minimum absolute atomic E-state index is 0.0134. The molecule has 1 aliphatic rings. The van der Waals surface area contributed by atoms with Gasteiger partial charge in [0.2, 0.25) is 5.91 Å². The molecule has 0 saturated carbocycles. The van der Waals surface area contributed by atoms with Gasteiger partial charge in [0.15, 0.2) is 5.82 Å². The van der Waals surface area contributed by atoms with E-state index in [1.807, 2.05) is 25.1 Å². The number of amides is 1. The highest BCUT2D eigenvalue weighted by molar-refractivity contribution is 5.94. The highest BCUT2D eigenvalue weighted by Gasteiger charge is 2.14. The largest absolute Gasteiger partial charge is 0.490 e. The number of carbonyl (C=O) groups excluding carboxylic acids is 1. The van der Waals surface area contributed by atoms with Crippen molar-refractivity contribution in [3.8, 4) is 17.6 Å². The fourth-order valence-corrected chi connectivity index (χ4v) is 3.83. The van der Waals surface area contributed by atoms with Gasteiger partial charge in [-0.1, -0.05) is 0 Å². The van der Waals surface area contributed by atoms with Crippen LogP contribution in [0.5, 0.6) is 11.5 Å². The number of aliphatic imine (C=N–C) groups is 1. The molecule has 0 fully saturated rings. The number of nitrogens with zero attached hydrogens (tertiary/aromatic N) is 2. The maximum atomic E-state index is 14.5. The Kier molecular flexibility index (Phi) is 9.66. The number of allylic oxidation sites excluding steroid dienone is 1. The van der Waals surface area contributed by atoms with Gasteiger partial charge in [-0.25, -0.2) is 4.39 Å². The van der Waals surface area contributed by atoms with Crippen molar-refractivity contribution in [2.75, 3.05) is 36.1 Å². The Morgan fingerprint density at radius 3 is 2.88 bits per heavy atom. The summed E-state index contributed by atoms with van der Waals surface area (Å²) in [4.78, 5) is 21.1. The molecule has 1 amide bonds. The zero-order chi connectivity index (χ0) is 28.3. The SMILES string of the molecule is Cc1cc(C#N)c(OCCO)cc1/N=C\C=C\Oc1ccc(NOCNc2ccc3c(c2)CCC(=O)N3)c(F)c1.